The predicted octanol–water partition coefficient (Wildman–Crippen LogP) is 1.23. The molecular formula is C43H68O16. The second-order valence-corrected chi connectivity index (χ2v) is 20.9. The molecule has 7 N–H and O–H groups in total. The molecule has 0 aromatic rings. The molecule has 3 aliphatic heterocycles. The van der Waals surface area contributed by atoms with Crippen LogP contribution in [0.3, 0.4) is 0 Å². The number of ether oxygens (including phenoxy) is 7. The first-order valence-corrected chi connectivity index (χ1v) is 21.9. The van der Waals surface area contributed by atoms with Gasteiger partial charge in [0.1, 0.15) is 30.5 Å². The fraction of sp³-hybridized carbons (Fsp3) is 0.953. The van der Waals surface area contributed by atoms with Crippen LogP contribution in [0.4, 0.5) is 0 Å². The summed E-state index contributed by atoms with van der Waals surface area (Å²) in [5, 5.41) is 76.5. The number of fused-ring (bicyclic) bond motifs is 2. The van der Waals surface area contributed by atoms with E-state index in [1.807, 2.05) is 0 Å². The lowest BCUT2D eigenvalue weighted by atomic mass is 9.42. The summed E-state index contributed by atoms with van der Waals surface area (Å²) in [6, 6.07) is 0. The van der Waals surface area contributed by atoms with Gasteiger partial charge in [-0.25, -0.2) is 0 Å². The summed E-state index contributed by atoms with van der Waals surface area (Å²) in [4.78, 5) is 24.2. The molecule has 0 unspecified atom stereocenters. The summed E-state index contributed by atoms with van der Waals surface area (Å²) in [5.74, 6) is -1.53. The Morgan fingerprint density at radius 1 is 0.780 bits per heavy atom. The molecule has 3 heterocycles. The van der Waals surface area contributed by atoms with Gasteiger partial charge in [0, 0.05) is 19.8 Å². The summed E-state index contributed by atoms with van der Waals surface area (Å²) < 4.78 is 43.0. The van der Waals surface area contributed by atoms with E-state index in [2.05, 4.69) is 20.8 Å². The van der Waals surface area contributed by atoms with Crippen molar-refractivity contribution in [3.05, 3.63) is 0 Å². The molecule has 16 nitrogen and oxygen atoms in total. The van der Waals surface area contributed by atoms with E-state index in [4.69, 9.17) is 33.2 Å². The molecule has 0 amide bonds. The lowest BCUT2D eigenvalue weighted by molar-refractivity contribution is -0.328. The van der Waals surface area contributed by atoms with Crippen molar-refractivity contribution in [3.63, 3.8) is 0 Å². The summed E-state index contributed by atoms with van der Waals surface area (Å²) >= 11 is 0. The smallest absolute Gasteiger partial charge is 0.303 e. The van der Waals surface area contributed by atoms with Gasteiger partial charge in [0.15, 0.2) is 24.8 Å². The van der Waals surface area contributed by atoms with Gasteiger partial charge in [-0.15, -0.1) is 0 Å². The molecule has 0 aromatic carbocycles. The van der Waals surface area contributed by atoms with Crippen LogP contribution in [0.2, 0.25) is 0 Å². The molecule has 0 aromatic heterocycles. The van der Waals surface area contributed by atoms with Crippen molar-refractivity contribution in [1.29, 1.82) is 0 Å². The Labute approximate surface area is 346 Å². The van der Waals surface area contributed by atoms with Crippen LogP contribution in [-0.2, 0) is 42.7 Å². The standard InChI is InChI=1S/C43H68O16/c1-20(45)54-33-25(48)18-53-37(34(33)55-21(2)46)56-22-8-11-42-19-43(42)13-12-39(5)35(41(7)10-9-29(59-41)38(3,4)52)24(47)16-40(39,6)28(43)15-26(23(42)14-22)57-36-32(51)31(50)30(49)27(17-44)58-36/h22-37,44,47-52H,8-19H2,1-7H3/t22-,23+,24-,25+,26-,27+,28-,29-,30+,31-,32+,33-,34+,35-,36+,37-,39+,40-,41+,42+,43+/m0/s1. The van der Waals surface area contributed by atoms with Crippen molar-refractivity contribution >= 4 is 11.9 Å². The third kappa shape index (κ3) is 6.84. The summed E-state index contributed by atoms with van der Waals surface area (Å²) in [6.45, 7) is 11.9. The first-order chi connectivity index (χ1) is 27.5. The fourth-order valence-corrected chi connectivity index (χ4v) is 14.6. The number of hydrogen-bond donors (Lipinski definition) is 7. The van der Waals surface area contributed by atoms with Gasteiger partial charge in [0.05, 0.1) is 48.8 Å². The fourth-order valence-electron chi connectivity index (χ4n) is 14.6. The van der Waals surface area contributed by atoms with Crippen LogP contribution in [0, 0.1) is 39.4 Å². The van der Waals surface area contributed by atoms with E-state index in [-0.39, 0.29) is 52.1 Å². The highest BCUT2D eigenvalue weighted by atomic mass is 16.7. The number of hydrogen-bond acceptors (Lipinski definition) is 16. The van der Waals surface area contributed by atoms with Crippen molar-refractivity contribution in [3.8, 4) is 0 Å². The van der Waals surface area contributed by atoms with Crippen molar-refractivity contribution in [1.82, 2.24) is 0 Å². The molecule has 21 atom stereocenters. The summed E-state index contributed by atoms with van der Waals surface area (Å²) in [7, 11) is 0. The molecule has 8 aliphatic rings. The van der Waals surface area contributed by atoms with Crippen LogP contribution >= 0.6 is 0 Å². The molecule has 5 saturated carbocycles. The highest BCUT2D eigenvalue weighted by Crippen LogP contribution is 2.88. The minimum Gasteiger partial charge on any atom is -0.455 e. The first kappa shape index (κ1) is 44.1. The minimum absolute atomic E-state index is 0.0695. The van der Waals surface area contributed by atoms with Crippen LogP contribution in [0.5, 0.6) is 0 Å². The maximum Gasteiger partial charge on any atom is 0.303 e. The Morgan fingerprint density at radius 3 is 2.12 bits per heavy atom. The minimum atomic E-state index is -1.62. The number of carbonyl (C=O) groups excluding carboxylic acids is 2. The van der Waals surface area contributed by atoms with Crippen molar-refractivity contribution in [2.24, 2.45) is 39.4 Å². The van der Waals surface area contributed by atoms with Crippen LogP contribution < -0.4 is 0 Å². The predicted molar refractivity (Wildman–Crippen MR) is 204 cm³/mol. The zero-order chi connectivity index (χ0) is 42.8. The van der Waals surface area contributed by atoms with Gasteiger partial charge in [-0.05, 0) is 118 Å². The number of esters is 2. The number of carbonyl (C=O) groups is 2. The molecule has 0 radical (unpaired) electrons. The monoisotopic (exact) mass is 840 g/mol. The zero-order valence-electron chi connectivity index (χ0n) is 35.5. The molecule has 59 heavy (non-hydrogen) atoms. The largest absolute Gasteiger partial charge is 0.455 e. The second kappa shape index (κ2) is 15.0. The highest BCUT2D eigenvalue weighted by molar-refractivity contribution is 5.67. The van der Waals surface area contributed by atoms with Crippen molar-refractivity contribution in [2.45, 2.75) is 204 Å². The molecule has 8 fully saturated rings. The van der Waals surface area contributed by atoms with Gasteiger partial charge in [-0.2, -0.15) is 0 Å². The van der Waals surface area contributed by atoms with Gasteiger partial charge in [0.2, 0.25) is 0 Å². The third-order valence-corrected chi connectivity index (χ3v) is 17.3. The van der Waals surface area contributed by atoms with E-state index < -0.39 is 103 Å². The Bertz CT molecular complexity index is 1600. The van der Waals surface area contributed by atoms with E-state index in [1.54, 1.807) is 13.8 Å². The Morgan fingerprint density at radius 2 is 1.47 bits per heavy atom. The van der Waals surface area contributed by atoms with E-state index >= 15 is 0 Å². The molecule has 0 bridgehead atoms. The van der Waals surface area contributed by atoms with Crippen LogP contribution in [0.1, 0.15) is 113 Å². The maximum absolute atomic E-state index is 12.2. The number of rotatable bonds is 9. The quantitative estimate of drug-likeness (QED) is 0.128. The van der Waals surface area contributed by atoms with Gasteiger partial charge in [-0.1, -0.05) is 13.8 Å². The third-order valence-electron chi connectivity index (χ3n) is 17.3. The van der Waals surface area contributed by atoms with Crippen LogP contribution in [-0.4, -0.2) is 152 Å². The lowest BCUT2D eigenvalue weighted by Crippen LogP contribution is -2.63. The normalized spacial score (nSPS) is 54.3. The summed E-state index contributed by atoms with van der Waals surface area (Å²) in [6.07, 6.45) is -6.80. The average molecular weight is 841 g/mol. The van der Waals surface area contributed by atoms with Crippen LogP contribution in [0.15, 0.2) is 0 Å². The number of aliphatic hydroxyl groups excluding tert-OH is 6. The SMILES string of the molecule is CC(=O)O[C@@H]1[C@@H](OC(C)=O)[C@H](O[C@H]2CC[C@]34C[C@@]35CC[C@]3(C)[C@@H]([C@@]6(C)CC[C@@H](C(C)(C)O)O6)[C@@H](O)C[C@@]3(C)[C@@H]5C[C@H](O[C@@H]3O[C@H](CO)[C@@H](O)[C@H](O)[C@H]3O)[C@H]4C2)OC[C@H]1O. The molecule has 3 saturated heterocycles. The average Bonchev–Trinajstić information content (AvgIpc) is 3.52. The van der Waals surface area contributed by atoms with Crippen molar-refractivity contribution in [2.75, 3.05) is 13.2 Å². The van der Waals surface area contributed by atoms with Crippen LogP contribution in [0.25, 0.3) is 0 Å². The molecular weight excluding hydrogens is 772 g/mol. The van der Waals surface area contributed by atoms with E-state index in [1.165, 1.54) is 13.8 Å². The zero-order valence-corrected chi connectivity index (χ0v) is 35.5. The van der Waals surface area contributed by atoms with E-state index in [0.29, 0.717) is 32.1 Å². The van der Waals surface area contributed by atoms with E-state index in [0.717, 1.165) is 32.1 Å². The molecule has 5 aliphatic carbocycles. The second-order valence-electron chi connectivity index (χ2n) is 20.9. The van der Waals surface area contributed by atoms with E-state index in [9.17, 15) is 45.3 Å². The number of aliphatic hydroxyl groups is 7. The van der Waals surface area contributed by atoms with Crippen molar-refractivity contribution < 1.29 is 78.5 Å². The molecule has 2 spiro atoms. The van der Waals surface area contributed by atoms with Gasteiger partial charge >= 0.3 is 11.9 Å². The lowest BCUT2D eigenvalue weighted by Gasteiger charge is -2.63. The Balaban J connectivity index is 1.10. The molecule has 8 rings (SSSR count). The molecule has 336 valence electrons. The molecule has 16 heteroatoms. The Hall–Kier alpha value is -1.54. The highest BCUT2D eigenvalue weighted by Gasteiger charge is 2.83. The van der Waals surface area contributed by atoms with Gasteiger partial charge < -0.3 is 68.9 Å². The topological polar surface area (TPSA) is 240 Å². The summed E-state index contributed by atoms with van der Waals surface area (Å²) in [5.41, 5.74) is -2.61. The van der Waals surface area contributed by atoms with Gasteiger partial charge in [0.25, 0.3) is 0 Å². The maximum atomic E-state index is 12.2. The first-order valence-electron chi connectivity index (χ1n) is 21.9. The van der Waals surface area contributed by atoms with Gasteiger partial charge in [-0.3, -0.25) is 9.59 Å². The Kier molecular flexibility index (Phi) is 11.2.